The van der Waals surface area contributed by atoms with Crippen molar-refractivity contribution in [2.24, 2.45) is 0 Å². The van der Waals surface area contributed by atoms with Crippen molar-refractivity contribution in [1.29, 1.82) is 0 Å². The second kappa shape index (κ2) is 6.99. The lowest BCUT2D eigenvalue weighted by Crippen LogP contribution is -2.36. The molecule has 1 saturated heterocycles. The quantitative estimate of drug-likeness (QED) is 0.924. The smallest absolute Gasteiger partial charge is 0.128 e. The molecule has 1 aliphatic heterocycles. The lowest BCUT2D eigenvalue weighted by Gasteiger charge is -2.31. The molecule has 0 aliphatic carbocycles. The van der Waals surface area contributed by atoms with Gasteiger partial charge in [-0.25, -0.2) is 4.39 Å². The molecule has 0 bridgehead atoms. The number of rotatable bonds is 4. The minimum Gasteiger partial charge on any atom is -0.379 e. The van der Waals surface area contributed by atoms with Gasteiger partial charge in [-0.05, 0) is 18.2 Å². The van der Waals surface area contributed by atoms with Gasteiger partial charge in [0.25, 0.3) is 0 Å². The van der Waals surface area contributed by atoms with Gasteiger partial charge in [-0.15, -0.1) is 0 Å². The minimum absolute atomic E-state index is 0.204. The molecule has 0 aromatic heterocycles. The van der Waals surface area contributed by atoms with E-state index >= 15 is 0 Å². The van der Waals surface area contributed by atoms with Gasteiger partial charge in [-0.1, -0.05) is 35.9 Å². The topological polar surface area (TPSA) is 24.5 Å². The summed E-state index contributed by atoms with van der Waals surface area (Å²) in [5.74, 6) is -0.204. The Balaban J connectivity index is 1.81. The fraction of sp³-hybridized carbons (Fsp3) is 0.294. The summed E-state index contributed by atoms with van der Waals surface area (Å²) in [5.41, 5.74) is 2.51. The number of hydrogen-bond acceptors (Lipinski definition) is 3. The lowest BCUT2D eigenvalue weighted by atomic mass is 10.2. The van der Waals surface area contributed by atoms with Crippen LogP contribution >= 0.6 is 11.6 Å². The van der Waals surface area contributed by atoms with Crippen molar-refractivity contribution in [2.75, 3.05) is 36.5 Å². The average Bonchev–Trinajstić information content (AvgIpc) is 2.55. The molecule has 3 nitrogen and oxygen atoms in total. The second-order valence-corrected chi connectivity index (χ2v) is 5.59. The Kier molecular flexibility index (Phi) is 4.80. The van der Waals surface area contributed by atoms with E-state index in [0.717, 1.165) is 24.5 Å². The number of nitrogens with zero attached hydrogens (tertiary/aromatic N) is 1. The number of ether oxygens (including phenoxy) is 1. The molecule has 0 unspecified atom stereocenters. The molecular weight excluding hydrogens is 303 g/mol. The summed E-state index contributed by atoms with van der Waals surface area (Å²) in [6.45, 7) is 3.41. The van der Waals surface area contributed by atoms with E-state index in [2.05, 4.69) is 10.2 Å². The number of nitrogens with one attached hydrogen (secondary N) is 1. The van der Waals surface area contributed by atoms with Crippen molar-refractivity contribution in [3.63, 3.8) is 0 Å². The first kappa shape index (κ1) is 15.1. The van der Waals surface area contributed by atoms with E-state index in [1.165, 1.54) is 6.07 Å². The Labute approximate surface area is 134 Å². The Morgan fingerprint density at radius 2 is 1.86 bits per heavy atom. The molecule has 0 saturated carbocycles. The third-order valence-electron chi connectivity index (χ3n) is 3.74. The van der Waals surface area contributed by atoms with Gasteiger partial charge >= 0.3 is 0 Å². The highest BCUT2D eigenvalue weighted by atomic mass is 35.5. The van der Waals surface area contributed by atoms with E-state index in [1.54, 1.807) is 12.1 Å². The molecule has 0 radical (unpaired) electrons. The van der Waals surface area contributed by atoms with Crippen molar-refractivity contribution in [1.82, 2.24) is 0 Å². The number of para-hydroxylation sites is 1. The SMILES string of the molecule is Fc1ccccc1CNc1cccc(Cl)c1N1CCOCC1. The first-order valence-corrected chi connectivity index (χ1v) is 7.72. The van der Waals surface area contributed by atoms with Gasteiger partial charge in [0.15, 0.2) is 0 Å². The summed E-state index contributed by atoms with van der Waals surface area (Å²) in [6.07, 6.45) is 0. The summed E-state index contributed by atoms with van der Waals surface area (Å²) < 4.78 is 19.1. The molecule has 2 aromatic carbocycles. The van der Waals surface area contributed by atoms with E-state index < -0.39 is 0 Å². The first-order valence-electron chi connectivity index (χ1n) is 7.34. The number of halogens is 2. The standard InChI is InChI=1S/C17H18ClFN2O/c18-14-5-3-7-16(17(14)21-8-10-22-11-9-21)20-12-13-4-1-2-6-15(13)19/h1-7,20H,8-12H2. The maximum atomic E-state index is 13.7. The fourth-order valence-corrected chi connectivity index (χ4v) is 2.89. The van der Waals surface area contributed by atoms with Gasteiger partial charge in [0.05, 0.1) is 29.6 Å². The Morgan fingerprint density at radius 3 is 2.64 bits per heavy atom. The Hall–Kier alpha value is -1.78. The molecule has 0 spiro atoms. The van der Waals surface area contributed by atoms with Crippen molar-refractivity contribution in [3.05, 3.63) is 58.9 Å². The molecule has 1 aliphatic rings. The maximum Gasteiger partial charge on any atom is 0.128 e. The highest BCUT2D eigenvalue weighted by Gasteiger charge is 2.17. The maximum absolute atomic E-state index is 13.7. The van der Waals surface area contributed by atoms with Crippen LogP contribution in [0.1, 0.15) is 5.56 Å². The Bertz CT molecular complexity index is 644. The second-order valence-electron chi connectivity index (χ2n) is 5.18. The van der Waals surface area contributed by atoms with Crippen LogP contribution in [0, 0.1) is 5.82 Å². The number of hydrogen-bond donors (Lipinski definition) is 1. The predicted octanol–water partition coefficient (Wildman–Crippen LogP) is 3.93. The van der Waals surface area contributed by atoms with Crippen LogP contribution in [0.4, 0.5) is 15.8 Å². The molecule has 0 amide bonds. The molecule has 0 atom stereocenters. The molecule has 1 N–H and O–H groups in total. The van der Waals surface area contributed by atoms with Crippen molar-refractivity contribution in [3.8, 4) is 0 Å². The van der Waals surface area contributed by atoms with Gasteiger partial charge in [-0.3, -0.25) is 0 Å². The molecular formula is C17H18ClFN2O. The van der Waals surface area contributed by atoms with E-state index in [1.807, 2.05) is 24.3 Å². The van der Waals surface area contributed by atoms with Crippen LogP contribution in [0.3, 0.4) is 0 Å². The highest BCUT2D eigenvalue weighted by Crippen LogP contribution is 2.34. The minimum atomic E-state index is -0.204. The monoisotopic (exact) mass is 320 g/mol. The normalized spacial score (nSPS) is 14.9. The molecule has 22 heavy (non-hydrogen) atoms. The number of anilines is 2. The van der Waals surface area contributed by atoms with Gasteiger partial charge < -0.3 is 15.0 Å². The van der Waals surface area contributed by atoms with Crippen LogP contribution in [-0.4, -0.2) is 26.3 Å². The third-order valence-corrected chi connectivity index (χ3v) is 4.05. The van der Waals surface area contributed by atoms with Crippen molar-refractivity contribution >= 4 is 23.0 Å². The Morgan fingerprint density at radius 1 is 1.09 bits per heavy atom. The highest BCUT2D eigenvalue weighted by molar-refractivity contribution is 6.34. The van der Waals surface area contributed by atoms with E-state index in [4.69, 9.17) is 16.3 Å². The zero-order valence-electron chi connectivity index (χ0n) is 12.2. The summed E-state index contributed by atoms with van der Waals surface area (Å²) in [6, 6.07) is 12.5. The van der Waals surface area contributed by atoms with Crippen LogP contribution in [0.2, 0.25) is 5.02 Å². The van der Waals surface area contributed by atoms with Gasteiger partial charge in [0, 0.05) is 25.2 Å². The van der Waals surface area contributed by atoms with Crippen LogP contribution in [0.15, 0.2) is 42.5 Å². The van der Waals surface area contributed by atoms with Crippen LogP contribution in [0.5, 0.6) is 0 Å². The van der Waals surface area contributed by atoms with Crippen molar-refractivity contribution < 1.29 is 9.13 Å². The largest absolute Gasteiger partial charge is 0.379 e. The summed E-state index contributed by atoms with van der Waals surface area (Å²) in [4.78, 5) is 2.20. The van der Waals surface area contributed by atoms with Crippen molar-refractivity contribution in [2.45, 2.75) is 6.54 Å². The molecule has 116 valence electrons. The van der Waals surface area contributed by atoms with Crippen LogP contribution in [-0.2, 0) is 11.3 Å². The average molecular weight is 321 g/mol. The molecule has 2 aromatic rings. The molecule has 3 rings (SSSR count). The van der Waals surface area contributed by atoms with E-state index in [0.29, 0.717) is 30.3 Å². The molecule has 5 heteroatoms. The van der Waals surface area contributed by atoms with Crippen LogP contribution < -0.4 is 10.2 Å². The third kappa shape index (κ3) is 3.34. The molecule has 1 heterocycles. The summed E-state index contributed by atoms with van der Waals surface area (Å²) >= 11 is 6.38. The van der Waals surface area contributed by atoms with Gasteiger partial charge in [-0.2, -0.15) is 0 Å². The van der Waals surface area contributed by atoms with Gasteiger partial charge in [0.1, 0.15) is 5.82 Å². The number of benzene rings is 2. The molecule has 1 fully saturated rings. The zero-order valence-corrected chi connectivity index (χ0v) is 12.9. The van der Waals surface area contributed by atoms with Gasteiger partial charge in [0.2, 0.25) is 0 Å². The lowest BCUT2D eigenvalue weighted by molar-refractivity contribution is 0.123. The summed E-state index contributed by atoms with van der Waals surface area (Å²) in [5, 5.41) is 4.00. The predicted molar refractivity (Wildman–Crippen MR) is 88.2 cm³/mol. The van der Waals surface area contributed by atoms with E-state index in [9.17, 15) is 4.39 Å². The summed E-state index contributed by atoms with van der Waals surface area (Å²) in [7, 11) is 0. The van der Waals surface area contributed by atoms with Crippen LogP contribution in [0.25, 0.3) is 0 Å². The van der Waals surface area contributed by atoms with E-state index in [-0.39, 0.29) is 5.82 Å². The first-order chi connectivity index (χ1) is 10.8. The fourth-order valence-electron chi connectivity index (χ4n) is 2.60. The zero-order chi connectivity index (χ0) is 15.4. The number of morpholine rings is 1.